The molecule has 0 fully saturated rings. The lowest BCUT2D eigenvalue weighted by Crippen LogP contribution is -1.85. The molecule has 0 radical (unpaired) electrons. The van der Waals surface area contributed by atoms with Gasteiger partial charge in [-0.05, 0) is 25.7 Å². The van der Waals surface area contributed by atoms with Gasteiger partial charge in [0, 0.05) is 6.08 Å². The predicted octanol–water partition coefficient (Wildman–Crippen LogP) is 3.54. The Morgan fingerprint density at radius 1 is 1.07 bits per heavy atom. The second kappa shape index (κ2) is 10.0. The largest absolute Gasteiger partial charge is 0.478 e. The number of carboxylic acid groups (broad SMARTS) is 1. The summed E-state index contributed by atoms with van der Waals surface area (Å²) in [5.41, 5.74) is 0. The molecule has 0 aromatic rings. The van der Waals surface area contributed by atoms with Crippen LogP contribution >= 0.6 is 0 Å². The number of hydrogen-bond acceptors (Lipinski definition) is 1. The first-order valence-electron chi connectivity index (χ1n) is 5.31. The average Bonchev–Trinajstić information content (AvgIpc) is 2.15. The van der Waals surface area contributed by atoms with Crippen molar-refractivity contribution in [2.75, 3.05) is 0 Å². The zero-order chi connectivity index (χ0) is 10.6. The molecule has 0 unspecified atom stereocenters. The Morgan fingerprint density at radius 3 is 2.36 bits per heavy atom. The molecule has 2 heteroatoms. The number of aliphatic carboxylic acids is 1. The van der Waals surface area contributed by atoms with E-state index in [-0.39, 0.29) is 0 Å². The molecular formula is C12H20O2. The van der Waals surface area contributed by atoms with E-state index in [0.717, 1.165) is 19.3 Å². The first-order valence-corrected chi connectivity index (χ1v) is 5.31. The Labute approximate surface area is 86.3 Å². The van der Waals surface area contributed by atoms with Crippen LogP contribution in [-0.4, -0.2) is 11.1 Å². The van der Waals surface area contributed by atoms with Crippen molar-refractivity contribution in [1.29, 1.82) is 0 Å². The Bertz CT molecular complexity index is 192. The summed E-state index contributed by atoms with van der Waals surface area (Å²) in [6.45, 7) is 2.19. The Kier molecular flexibility index (Phi) is 9.28. The summed E-state index contributed by atoms with van der Waals surface area (Å²) >= 11 is 0. The lowest BCUT2D eigenvalue weighted by Gasteiger charge is -1.91. The van der Waals surface area contributed by atoms with Gasteiger partial charge in [0.2, 0.25) is 0 Å². The predicted molar refractivity (Wildman–Crippen MR) is 59.3 cm³/mol. The number of carboxylic acids is 1. The van der Waals surface area contributed by atoms with Gasteiger partial charge >= 0.3 is 5.97 Å². The molecule has 0 rings (SSSR count). The SMILES string of the molecule is CCCCC/C=C/CC/C=C/C(=O)O. The Hall–Kier alpha value is -1.05. The van der Waals surface area contributed by atoms with Crippen molar-refractivity contribution >= 4 is 5.97 Å². The van der Waals surface area contributed by atoms with Gasteiger partial charge in [0.25, 0.3) is 0 Å². The van der Waals surface area contributed by atoms with Crippen LogP contribution in [0.5, 0.6) is 0 Å². The maximum atomic E-state index is 10.1. The molecule has 0 aliphatic carbocycles. The van der Waals surface area contributed by atoms with Gasteiger partial charge in [0.05, 0.1) is 0 Å². The second-order valence-electron chi connectivity index (χ2n) is 3.29. The molecule has 0 saturated carbocycles. The maximum absolute atomic E-state index is 10.1. The van der Waals surface area contributed by atoms with Crippen LogP contribution in [0.15, 0.2) is 24.3 Å². The number of hydrogen-bond donors (Lipinski definition) is 1. The fourth-order valence-corrected chi connectivity index (χ4v) is 1.12. The van der Waals surface area contributed by atoms with E-state index in [1.165, 1.54) is 25.3 Å². The molecule has 80 valence electrons. The van der Waals surface area contributed by atoms with Gasteiger partial charge in [0.1, 0.15) is 0 Å². The Morgan fingerprint density at radius 2 is 1.71 bits per heavy atom. The standard InChI is InChI=1S/C12H20O2/c1-2-3-4-5-6-7-8-9-10-11-12(13)14/h6-7,10-11H,2-5,8-9H2,1H3,(H,13,14)/b7-6+,11-10+. The highest BCUT2D eigenvalue weighted by molar-refractivity contribution is 5.79. The average molecular weight is 196 g/mol. The number of rotatable bonds is 8. The van der Waals surface area contributed by atoms with Crippen molar-refractivity contribution in [3.8, 4) is 0 Å². The first-order chi connectivity index (χ1) is 6.77. The molecule has 14 heavy (non-hydrogen) atoms. The van der Waals surface area contributed by atoms with Gasteiger partial charge in [-0.2, -0.15) is 0 Å². The lowest BCUT2D eigenvalue weighted by molar-refractivity contribution is -0.131. The number of allylic oxidation sites excluding steroid dienone is 3. The van der Waals surface area contributed by atoms with Crippen LogP contribution in [0.4, 0.5) is 0 Å². The van der Waals surface area contributed by atoms with Crippen molar-refractivity contribution in [3.63, 3.8) is 0 Å². The van der Waals surface area contributed by atoms with E-state index in [4.69, 9.17) is 5.11 Å². The zero-order valence-electron chi connectivity index (χ0n) is 8.91. The van der Waals surface area contributed by atoms with Crippen molar-refractivity contribution in [2.24, 2.45) is 0 Å². The molecule has 0 aromatic carbocycles. The van der Waals surface area contributed by atoms with E-state index in [9.17, 15) is 4.79 Å². The topological polar surface area (TPSA) is 37.3 Å². The summed E-state index contributed by atoms with van der Waals surface area (Å²) in [5.74, 6) is -0.864. The molecule has 0 heterocycles. The molecule has 1 N–H and O–H groups in total. The van der Waals surface area contributed by atoms with E-state index in [2.05, 4.69) is 19.1 Å². The molecule has 0 bridgehead atoms. The monoisotopic (exact) mass is 196 g/mol. The maximum Gasteiger partial charge on any atom is 0.327 e. The fraction of sp³-hybridized carbons (Fsp3) is 0.583. The third kappa shape index (κ3) is 11.0. The van der Waals surface area contributed by atoms with Crippen LogP contribution in [0.3, 0.4) is 0 Å². The van der Waals surface area contributed by atoms with Gasteiger partial charge in [0.15, 0.2) is 0 Å². The minimum absolute atomic E-state index is 0.816. The molecule has 0 saturated heterocycles. The smallest absolute Gasteiger partial charge is 0.327 e. The van der Waals surface area contributed by atoms with Gasteiger partial charge in [-0.15, -0.1) is 0 Å². The lowest BCUT2D eigenvalue weighted by atomic mass is 10.2. The van der Waals surface area contributed by atoms with Crippen LogP contribution < -0.4 is 0 Å². The summed E-state index contributed by atoms with van der Waals surface area (Å²) in [4.78, 5) is 10.1. The fourth-order valence-electron chi connectivity index (χ4n) is 1.12. The van der Waals surface area contributed by atoms with Crippen LogP contribution in [0.1, 0.15) is 45.4 Å². The molecule has 0 amide bonds. The highest BCUT2D eigenvalue weighted by Crippen LogP contribution is 2.01. The molecule has 0 aliphatic rings. The molecule has 2 nitrogen and oxygen atoms in total. The molecule has 0 atom stereocenters. The molecule has 0 aliphatic heterocycles. The highest BCUT2D eigenvalue weighted by Gasteiger charge is 1.84. The van der Waals surface area contributed by atoms with Crippen LogP contribution in [0, 0.1) is 0 Å². The van der Waals surface area contributed by atoms with Gasteiger partial charge in [-0.1, -0.05) is 38.0 Å². The van der Waals surface area contributed by atoms with E-state index >= 15 is 0 Å². The van der Waals surface area contributed by atoms with Crippen molar-refractivity contribution in [2.45, 2.75) is 45.4 Å². The minimum Gasteiger partial charge on any atom is -0.478 e. The summed E-state index contributed by atoms with van der Waals surface area (Å²) < 4.78 is 0. The summed E-state index contributed by atoms with van der Waals surface area (Å²) in [6.07, 6.45) is 13.9. The minimum atomic E-state index is -0.864. The quantitative estimate of drug-likeness (QED) is 0.366. The molecule has 0 aromatic heterocycles. The third-order valence-corrected chi connectivity index (χ3v) is 1.90. The van der Waals surface area contributed by atoms with E-state index < -0.39 is 5.97 Å². The molecule has 0 spiro atoms. The zero-order valence-corrected chi connectivity index (χ0v) is 8.91. The summed E-state index contributed by atoms with van der Waals surface area (Å²) in [5, 5.41) is 8.31. The van der Waals surface area contributed by atoms with Gasteiger partial charge < -0.3 is 5.11 Å². The van der Waals surface area contributed by atoms with Crippen LogP contribution in [0.25, 0.3) is 0 Å². The highest BCUT2D eigenvalue weighted by atomic mass is 16.4. The first kappa shape index (κ1) is 12.9. The van der Waals surface area contributed by atoms with Gasteiger partial charge in [-0.25, -0.2) is 4.79 Å². The van der Waals surface area contributed by atoms with Crippen molar-refractivity contribution < 1.29 is 9.90 Å². The third-order valence-electron chi connectivity index (χ3n) is 1.90. The second-order valence-corrected chi connectivity index (χ2v) is 3.29. The number of carbonyl (C=O) groups is 1. The van der Waals surface area contributed by atoms with Crippen LogP contribution in [0.2, 0.25) is 0 Å². The van der Waals surface area contributed by atoms with E-state index in [1.807, 2.05) is 0 Å². The normalized spacial score (nSPS) is 11.5. The van der Waals surface area contributed by atoms with Gasteiger partial charge in [-0.3, -0.25) is 0 Å². The Balaban J connectivity index is 3.22. The molecular weight excluding hydrogens is 176 g/mol. The summed E-state index contributed by atoms with van der Waals surface area (Å²) in [7, 11) is 0. The number of unbranched alkanes of at least 4 members (excludes halogenated alkanes) is 4. The van der Waals surface area contributed by atoms with E-state index in [1.54, 1.807) is 6.08 Å². The van der Waals surface area contributed by atoms with E-state index in [0.29, 0.717) is 0 Å². The summed E-state index contributed by atoms with van der Waals surface area (Å²) in [6, 6.07) is 0. The van der Waals surface area contributed by atoms with Crippen molar-refractivity contribution in [3.05, 3.63) is 24.3 Å². The van der Waals surface area contributed by atoms with Crippen LogP contribution in [-0.2, 0) is 4.79 Å². The van der Waals surface area contributed by atoms with Crippen molar-refractivity contribution in [1.82, 2.24) is 0 Å².